The Hall–Kier alpha value is -1.61. The molecule has 1 heterocycles. The van der Waals surface area contributed by atoms with Crippen molar-refractivity contribution in [3.8, 4) is 6.07 Å². The molecule has 5 nitrogen and oxygen atoms in total. The van der Waals surface area contributed by atoms with Crippen molar-refractivity contribution in [3.63, 3.8) is 0 Å². The molecular weight excluding hydrogens is 300 g/mol. The monoisotopic (exact) mass is 320 g/mol. The Morgan fingerprint density at radius 1 is 1.27 bits per heavy atom. The van der Waals surface area contributed by atoms with E-state index in [0.717, 1.165) is 31.7 Å². The minimum atomic E-state index is -0.474. The van der Waals surface area contributed by atoms with Crippen LogP contribution in [0, 0.1) is 11.3 Å². The molecule has 0 aliphatic carbocycles. The second kappa shape index (κ2) is 7.59. The van der Waals surface area contributed by atoms with E-state index < -0.39 is 6.04 Å². The second-order valence-corrected chi connectivity index (χ2v) is 5.96. The molecule has 1 saturated heterocycles. The number of halogens is 1. The fourth-order valence-corrected chi connectivity index (χ4v) is 2.91. The van der Waals surface area contributed by atoms with Gasteiger partial charge in [-0.1, -0.05) is 19.1 Å². The SMILES string of the molecule is C[C@@H](c1ccc(C#N)cc1)[C@@H](NCl)C(=O)N1CCN(C)CC1. The number of rotatable bonds is 4. The maximum atomic E-state index is 12.7. The van der Waals surface area contributed by atoms with E-state index in [9.17, 15) is 4.79 Å². The summed E-state index contributed by atoms with van der Waals surface area (Å²) in [5, 5.41) is 8.85. The van der Waals surface area contributed by atoms with Crippen molar-refractivity contribution in [2.45, 2.75) is 18.9 Å². The maximum Gasteiger partial charge on any atom is 0.241 e. The van der Waals surface area contributed by atoms with Crippen LogP contribution in [-0.4, -0.2) is 55.0 Å². The first-order valence-corrected chi connectivity index (χ1v) is 7.78. The van der Waals surface area contributed by atoms with E-state index in [0.29, 0.717) is 5.56 Å². The van der Waals surface area contributed by atoms with Crippen LogP contribution in [0.3, 0.4) is 0 Å². The standard InChI is InChI=1S/C16H21ClN4O/c1-12(14-5-3-13(11-18)4-6-14)15(19-17)16(22)21-9-7-20(2)8-10-21/h3-6,12,15,19H,7-10H2,1-2H3/t12-,15+/m0/s1. The number of nitrogens with one attached hydrogen (secondary N) is 1. The summed E-state index contributed by atoms with van der Waals surface area (Å²) < 4.78 is 0. The van der Waals surface area contributed by atoms with Crippen molar-refractivity contribution in [2.75, 3.05) is 33.2 Å². The number of benzene rings is 1. The second-order valence-electron chi connectivity index (χ2n) is 5.74. The Kier molecular flexibility index (Phi) is 5.78. The molecule has 0 spiro atoms. The van der Waals surface area contributed by atoms with E-state index in [1.807, 2.05) is 24.0 Å². The van der Waals surface area contributed by atoms with Crippen molar-refractivity contribution in [1.82, 2.24) is 14.6 Å². The molecule has 1 amide bonds. The van der Waals surface area contributed by atoms with Gasteiger partial charge < -0.3 is 9.80 Å². The average Bonchev–Trinajstić information content (AvgIpc) is 2.56. The average molecular weight is 321 g/mol. The lowest BCUT2D eigenvalue weighted by Gasteiger charge is -2.35. The zero-order valence-electron chi connectivity index (χ0n) is 12.9. The minimum Gasteiger partial charge on any atom is -0.339 e. The van der Waals surface area contributed by atoms with Crippen LogP contribution in [-0.2, 0) is 4.79 Å². The molecular formula is C16H21ClN4O. The molecule has 118 valence electrons. The van der Waals surface area contributed by atoms with Crippen LogP contribution in [0.15, 0.2) is 24.3 Å². The van der Waals surface area contributed by atoms with E-state index in [2.05, 4.69) is 22.9 Å². The summed E-state index contributed by atoms with van der Waals surface area (Å²) in [6.07, 6.45) is 0. The molecule has 2 atom stereocenters. The Balaban J connectivity index is 2.09. The molecule has 1 aliphatic heterocycles. The van der Waals surface area contributed by atoms with E-state index in [1.54, 1.807) is 12.1 Å². The fourth-order valence-electron chi connectivity index (χ4n) is 2.63. The zero-order valence-corrected chi connectivity index (χ0v) is 13.7. The number of carbonyl (C=O) groups is 1. The first-order chi connectivity index (χ1) is 10.6. The van der Waals surface area contributed by atoms with Gasteiger partial charge in [0.05, 0.1) is 11.6 Å². The minimum absolute atomic E-state index is 0.0277. The van der Waals surface area contributed by atoms with Crippen molar-refractivity contribution in [1.29, 1.82) is 5.26 Å². The van der Waals surface area contributed by atoms with Gasteiger partial charge in [-0.25, -0.2) is 4.84 Å². The predicted octanol–water partition coefficient (Wildman–Crippen LogP) is 1.55. The third-order valence-corrected chi connectivity index (χ3v) is 4.50. The molecule has 1 aliphatic rings. The van der Waals surface area contributed by atoms with Crippen molar-refractivity contribution < 1.29 is 4.79 Å². The number of carbonyl (C=O) groups excluding carboxylic acids is 1. The number of hydrogen-bond acceptors (Lipinski definition) is 4. The molecule has 0 unspecified atom stereocenters. The molecule has 1 aromatic rings. The highest BCUT2D eigenvalue weighted by atomic mass is 35.5. The van der Waals surface area contributed by atoms with Gasteiger partial charge in [0, 0.05) is 32.1 Å². The predicted molar refractivity (Wildman–Crippen MR) is 86.4 cm³/mol. The van der Waals surface area contributed by atoms with Crippen LogP contribution in [0.4, 0.5) is 0 Å². The maximum absolute atomic E-state index is 12.7. The van der Waals surface area contributed by atoms with E-state index in [-0.39, 0.29) is 11.8 Å². The molecule has 0 saturated carbocycles. The van der Waals surface area contributed by atoms with Crippen LogP contribution in [0.5, 0.6) is 0 Å². The number of piperazine rings is 1. The first-order valence-electron chi connectivity index (χ1n) is 7.40. The number of amides is 1. The molecule has 1 aromatic carbocycles. The molecule has 1 N–H and O–H groups in total. The van der Waals surface area contributed by atoms with Gasteiger partial charge in [0.2, 0.25) is 5.91 Å². The Bertz CT molecular complexity index is 546. The first kappa shape index (κ1) is 16.8. The molecule has 22 heavy (non-hydrogen) atoms. The zero-order chi connectivity index (χ0) is 16.1. The smallest absolute Gasteiger partial charge is 0.241 e. The lowest BCUT2D eigenvalue weighted by atomic mass is 9.92. The van der Waals surface area contributed by atoms with Gasteiger partial charge in [-0.15, -0.1) is 0 Å². The number of hydrogen-bond donors (Lipinski definition) is 1. The molecule has 1 fully saturated rings. The van der Waals surface area contributed by atoms with Gasteiger partial charge in [0.25, 0.3) is 0 Å². The highest BCUT2D eigenvalue weighted by Gasteiger charge is 2.30. The lowest BCUT2D eigenvalue weighted by Crippen LogP contribution is -2.53. The Morgan fingerprint density at radius 3 is 2.36 bits per heavy atom. The summed E-state index contributed by atoms with van der Waals surface area (Å²) in [5.74, 6) is -0.0441. The van der Waals surface area contributed by atoms with E-state index in [1.165, 1.54) is 0 Å². The third-order valence-electron chi connectivity index (χ3n) is 4.26. The summed E-state index contributed by atoms with van der Waals surface area (Å²) in [4.78, 5) is 19.4. The Morgan fingerprint density at radius 2 is 1.86 bits per heavy atom. The summed E-state index contributed by atoms with van der Waals surface area (Å²) >= 11 is 5.85. The largest absolute Gasteiger partial charge is 0.339 e. The summed E-state index contributed by atoms with van der Waals surface area (Å²) in [5.41, 5.74) is 1.59. The quantitative estimate of drug-likeness (QED) is 0.855. The van der Waals surface area contributed by atoms with Crippen molar-refractivity contribution >= 4 is 17.7 Å². The Labute approximate surface area is 136 Å². The molecule has 0 radical (unpaired) electrons. The summed E-state index contributed by atoms with van der Waals surface area (Å²) in [7, 11) is 2.05. The molecule has 0 aromatic heterocycles. The van der Waals surface area contributed by atoms with Crippen LogP contribution >= 0.6 is 11.8 Å². The highest BCUT2D eigenvalue weighted by molar-refractivity contribution is 6.15. The third kappa shape index (κ3) is 3.77. The summed E-state index contributed by atoms with van der Waals surface area (Å²) in [6.45, 7) is 5.18. The van der Waals surface area contributed by atoms with Gasteiger partial charge in [0.1, 0.15) is 6.04 Å². The number of nitriles is 1. The molecule has 0 bridgehead atoms. The van der Waals surface area contributed by atoms with Crippen molar-refractivity contribution in [2.24, 2.45) is 0 Å². The van der Waals surface area contributed by atoms with Gasteiger partial charge in [0.15, 0.2) is 0 Å². The highest BCUT2D eigenvalue weighted by Crippen LogP contribution is 2.22. The van der Waals surface area contributed by atoms with Crippen LogP contribution in [0.25, 0.3) is 0 Å². The number of likely N-dealkylation sites (N-methyl/N-ethyl adjacent to an activating group) is 1. The van der Waals surface area contributed by atoms with E-state index in [4.69, 9.17) is 17.0 Å². The fraction of sp³-hybridized carbons (Fsp3) is 0.500. The van der Waals surface area contributed by atoms with Gasteiger partial charge in [-0.3, -0.25) is 4.79 Å². The normalized spacial score (nSPS) is 18.5. The van der Waals surface area contributed by atoms with Gasteiger partial charge in [-0.05, 0) is 36.5 Å². The van der Waals surface area contributed by atoms with Gasteiger partial charge >= 0.3 is 0 Å². The molecule has 2 rings (SSSR count). The van der Waals surface area contributed by atoms with Crippen LogP contribution in [0.2, 0.25) is 0 Å². The number of nitrogens with zero attached hydrogens (tertiary/aromatic N) is 3. The summed E-state index contributed by atoms with van der Waals surface area (Å²) in [6, 6.07) is 8.90. The van der Waals surface area contributed by atoms with E-state index >= 15 is 0 Å². The topological polar surface area (TPSA) is 59.4 Å². The molecule has 6 heteroatoms. The van der Waals surface area contributed by atoms with Crippen molar-refractivity contribution in [3.05, 3.63) is 35.4 Å². The van der Waals surface area contributed by atoms with Gasteiger partial charge in [-0.2, -0.15) is 5.26 Å². The van der Waals surface area contributed by atoms with Crippen LogP contribution in [0.1, 0.15) is 24.0 Å². The van der Waals surface area contributed by atoms with Crippen LogP contribution < -0.4 is 4.84 Å². The lowest BCUT2D eigenvalue weighted by molar-refractivity contribution is -0.135.